The lowest BCUT2D eigenvalue weighted by Gasteiger charge is -2.14. The van der Waals surface area contributed by atoms with Crippen molar-refractivity contribution in [3.63, 3.8) is 0 Å². The lowest BCUT2D eigenvalue weighted by molar-refractivity contribution is 0.101. The van der Waals surface area contributed by atoms with Gasteiger partial charge in [-0.2, -0.15) is 0 Å². The molecule has 0 saturated heterocycles. The Bertz CT molecular complexity index is 508. The zero-order chi connectivity index (χ0) is 18.5. The van der Waals surface area contributed by atoms with Gasteiger partial charge in [0.2, 0.25) is 0 Å². The first-order valence-corrected chi connectivity index (χ1v) is 10.1. The Balaban J connectivity index is 2.34. The molecule has 1 aromatic rings. The fraction of sp³-hybridized carbons (Fsp3) is 0.682. The highest BCUT2D eigenvalue weighted by Crippen LogP contribution is 2.33. The molecule has 3 nitrogen and oxygen atoms in total. The number of ketones is 1. The molecule has 0 heterocycles. The van der Waals surface area contributed by atoms with Crippen molar-refractivity contribution < 1.29 is 14.6 Å². The summed E-state index contributed by atoms with van der Waals surface area (Å²) in [6.45, 7) is 6.46. The van der Waals surface area contributed by atoms with Crippen molar-refractivity contribution in [2.75, 3.05) is 6.61 Å². The van der Waals surface area contributed by atoms with Crippen LogP contribution in [0.25, 0.3) is 0 Å². The largest absolute Gasteiger partial charge is 0.507 e. The molecule has 0 aliphatic heterocycles. The van der Waals surface area contributed by atoms with Gasteiger partial charge in [-0.15, -0.1) is 0 Å². The highest BCUT2D eigenvalue weighted by molar-refractivity contribution is 5.97. The molecule has 0 radical (unpaired) electrons. The number of Topliss-reactive ketones (excluding diaryl/α,β-unsaturated/α-hetero) is 1. The molecule has 0 saturated carbocycles. The van der Waals surface area contributed by atoms with Crippen LogP contribution in [0, 0.1) is 0 Å². The van der Waals surface area contributed by atoms with E-state index in [-0.39, 0.29) is 11.5 Å². The average Bonchev–Trinajstić information content (AvgIpc) is 2.59. The minimum Gasteiger partial charge on any atom is -0.507 e. The number of aromatic hydroxyl groups is 1. The lowest BCUT2D eigenvalue weighted by atomic mass is 10.0. The Morgan fingerprint density at radius 2 is 1.52 bits per heavy atom. The van der Waals surface area contributed by atoms with Crippen LogP contribution in [0.4, 0.5) is 0 Å². The summed E-state index contributed by atoms with van der Waals surface area (Å²) >= 11 is 0. The predicted octanol–water partition coefficient (Wildman–Crippen LogP) is 6.46. The molecule has 1 rings (SSSR count). The normalized spacial score (nSPS) is 10.8. The summed E-state index contributed by atoms with van der Waals surface area (Å²) in [6.07, 6.45) is 13.2. The molecule has 0 unspecified atom stereocenters. The third-order valence-corrected chi connectivity index (χ3v) is 4.62. The minimum atomic E-state index is -0.111. The molecule has 0 atom stereocenters. The number of carbonyl (C=O) groups excluding carboxylic acids is 1. The van der Waals surface area contributed by atoms with Gasteiger partial charge in [-0.05, 0) is 31.9 Å². The second kappa shape index (κ2) is 12.8. The molecule has 0 bridgehead atoms. The number of carbonyl (C=O) groups is 1. The van der Waals surface area contributed by atoms with E-state index in [2.05, 4.69) is 13.8 Å². The van der Waals surface area contributed by atoms with Crippen molar-refractivity contribution in [3.05, 3.63) is 23.3 Å². The second-order valence-electron chi connectivity index (χ2n) is 6.92. The van der Waals surface area contributed by atoms with Gasteiger partial charge in [0.1, 0.15) is 11.5 Å². The summed E-state index contributed by atoms with van der Waals surface area (Å²) < 4.78 is 5.89. The second-order valence-corrected chi connectivity index (χ2v) is 6.92. The van der Waals surface area contributed by atoms with Crippen LogP contribution >= 0.6 is 0 Å². The molecule has 0 spiro atoms. The van der Waals surface area contributed by atoms with E-state index in [1.54, 1.807) is 6.07 Å². The van der Waals surface area contributed by atoms with Crippen LogP contribution in [0.15, 0.2) is 12.1 Å². The minimum absolute atomic E-state index is 0.0962. The molecule has 0 fully saturated rings. The molecule has 0 aromatic heterocycles. The molecule has 142 valence electrons. The maximum atomic E-state index is 11.6. The Labute approximate surface area is 153 Å². The molecule has 3 heteroatoms. The third kappa shape index (κ3) is 7.94. The third-order valence-electron chi connectivity index (χ3n) is 4.62. The van der Waals surface area contributed by atoms with E-state index in [9.17, 15) is 9.90 Å². The van der Waals surface area contributed by atoms with Gasteiger partial charge in [0.25, 0.3) is 0 Å². The highest BCUT2D eigenvalue weighted by Gasteiger charge is 2.15. The van der Waals surface area contributed by atoms with Crippen molar-refractivity contribution in [1.29, 1.82) is 0 Å². The number of ether oxygens (including phenoxy) is 1. The average molecular weight is 349 g/mol. The summed E-state index contributed by atoms with van der Waals surface area (Å²) in [7, 11) is 0. The van der Waals surface area contributed by atoms with E-state index in [4.69, 9.17) is 4.74 Å². The molecular formula is C22H36O3. The van der Waals surface area contributed by atoms with Crippen LogP contribution in [0.1, 0.15) is 101 Å². The summed E-state index contributed by atoms with van der Waals surface area (Å²) in [5.74, 6) is 0.711. The number of benzene rings is 1. The molecule has 0 aliphatic rings. The number of unbranched alkanes of at least 4 members (excludes halogenated alkanes) is 8. The van der Waals surface area contributed by atoms with Gasteiger partial charge < -0.3 is 9.84 Å². The van der Waals surface area contributed by atoms with Gasteiger partial charge in [-0.25, -0.2) is 0 Å². The van der Waals surface area contributed by atoms with Gasteiger partial charge in [0, 0.05) is 5.56 Å². The molecular weight excluding hydrogens is 312 g/mol. The van der Waals surface area contributed by atoms with Crippen molar-refractivity contribution in [2.24, 2.45) is 0 Å². The number of hydrogen-bond acceptors (Lipinski definition) is 3. The smallest absolute Gasteiger partial charge is 0.163 e. The van der Waals surface area contributed by atoms with E-state index < -0.39 is 0 Å². The Morgan fingerprint density at radius 1 is 0.920 bits per heavy atom. The fourth-order valence-electron chi connectivity index (χ4n) is 3.12. The molecule has 0 aliphatic carbocycles. The van der Waals surface area contributed by atoms with Gasteiger partial charge in [-0.1, -0.05) is 71.6 Å². The van der Waals surface area contributed by atoms with Crippen molar-refractivity contribution in [1.82, 2.24) is 0 Å². The first-order valence-electron chi connectivity index (χ1n) is 10.1. The van der Waals surface area contributed by atoms with Crippen LogP contribution in [0.2, 0.25) is 0 Å². The summed E-state index contributed by atoms with van der Waals surface area (Å²) in [4.78, 5) is 11.6. The predicted molar refractivity (Wildman–Crippen MR) is 105 cm³/mol. The van der Waals surface area contributed by atoms with Crippen molar-refractivity contribution in [3.8, 4) is 11.5 Å². The number of phenols is 1. The summed E-state index contributed by atoms with van der Waals surface area (Å²) in [6, 6.07) is 3.50. The zero-order valence-corrected chi connectivity index (χ0v) is 16.4. The van der Waals surface area contributed by atoms with E-state index in [0.717, 1.165) is 30.6 Å². The van der Waals surface area contributed by atoms with Crippen molar-refractivity contribution in [2.45, 2.75) is 91.4 Å². The number of phenolic OH excluding ortho intramolecular Hbond substituents is 1. The van der Waals surface area contributed by atoms with Crippen LogP contribution in [-0.2, 0) is 6.42 Å². The maximum Gasteiger partial charge on any atom is 0.163 e. The zero-order valence-electron chi connectivity index (χ0n) is 16.4. The highest BCUT2D eigenvalue weighted by atomic mass is 16.5. The molecule has 0 amide bonds. The lowest BCUT2D eigenvalue weighted by Crippen LogP contribution is -2.03. The number of hydrogen-bond donors (Lipinski definition) is 1. The SMILES string of the molecule is CCCCCCCCCCCOc1ccc(C(C)=O)c(O)c1CCC. The monoisotopic (exact) mass is 348 g/mol. The van der Waals surface area contributed by atoms with E-state index >= 15 is 0 Å². The van der Waals surface area contributed by atoms with Gasteiger partial charge in [0.05, 0.1) is 12.2 Å². The molecule has 1 N–H and O–H groups in total. The van der Waals surface area contributed by atoms with Crippen LogP contribution < -0.4 is 4.74 Å². The Morgan fingerprint density at radius 3 is 2.08 bits per heavy atom. The topological polar surface area (TPSA) is 46.5 Å². The Kier molecular flexibility index (Phi) is 11.0. The van der Waals surface area contributed by atoms with E-state index in [0.29, 0.717) is 12.2 Å². The van der Waals surface area contributed by atoms with Crippen LogP contribution in [0.5, 0.6) is 11.5 Å². The number of rotatable bonds is 14. The molecule has 25 heavy (non-hydrogen) atoms. The van der Waals surface area contributed by atoms with Crippen LogP contribution in [-0.4, -0.2) is 17.5 Å². The van der Waals surface area contributed by atoms with Crippen molar-refractivity contribution >= 4 is 5.78 Å². The Hall–Kier alpha value is -1.51. The standard InChI is InChI=1S/C22H36O3/c1-4-6-7-8-9-10-11-12-13-17-25-21-16-15-19(18(3)23)22(24)20(21)14-5-2/h15-16,24H,4-14,17H2,1-3H3. The summed E-state index contributed by atoms with van der Waals surface area (Å²) in [5.41, 5.74) is 1.16. The van der Waals surface area contributed by atoms with Gasteiger partial charge in [-0.3, -0.25) is 4.79 Å². The fourth-order valence-corrected chi connectivity index (χ4v) is 3.12. The van der Waals surface area contributed by atoms with Gasteiger partial charge in [0.15, 0.2) is 5.78 Å². The first-order chi connectivity index (χ1) is 12.1. The maximum absolute atomic E-state index is 11.6. The van der Waals surface area contributed by atoms with Gasteiger partial charge >= 0.3 is 0 Å². The quantitative estimate of drug-likeness (QED) is 0.310. The molecule has 1 aromatic carbocycles. The summed E-state index contributed by atoms with van der Waals surface area (Å²) in [5, 5.41) is 10.3. The van der Waals surface area contributed by atoms with E-state index in [1.807, 2.05) is 6.07 Å². The first kappa shape index (κ1) is 21.5. The van der Waals surface area contributed by atoms with Crippen LogP contribution in [0.3, 0.4) is 0 Å². The van der Waals surface area contributed by atoms with E-state index in [1.165, 1.54) is 58.3 Å².